The number of aromatic nitrogens is 1. The third-order valence-corrected chi connectivity index (χ3v) is 2.82. The Kier molecular flexibility index (Phi) is 2.72. The van der Waals surface area contributed by atoms with Crippen LogP contribution in [-0.2, 0) is 0 Å². The summed E-state index contributed by atoms with van der Waals surface area (Å²) in [5.74, 6) is 0.242. The maximum Gasteiger partial charge on any atom is 0.166 e. The molecule has 0 spiro atoms. The van der Waals surface area contributed by atoms with Gasteiger partial charge in [0.25, 0.3) is 0 Å². The van der Waals surface area contributed by atoms with Gasteiger partial charge in [-0.2, -0.15) is 0 Å². The van der Waals surface area contributed by atoms with Crippen LogP contribution in [0.15, 0.2) is 16.7 Å². The Balaban J connectivity index is 2.29. The first kappa shape index (κ1) is 9.90. The molecule has 2 rings (SSSR count). The predicted molar refractivity (Wildman–Crippen MR) is 57.9 cm³/mol. The average molecular weight is 259 g/mol. The zero-order valence-electron chi connectivity index (χ0n) is 8.00. The van der Waals surface area contributed by atoms with Crippen molar-refractivity contribution < 1.29 is 4.39 Å². The molecule has 1 fully saturated rings. The number of rotatable bonds is 3. The van der Waals surface area contributed by atoms with Crippen LogP contribution in [0.3, 0.4) is 0 Å². The molecule has 0 radical (unpaired) electrons. The predicted octanol–water partition coefficient (Wildman–Crippen LogP) is 2.97. The smallest absolute Gasteiger partial charge is 0.166 e. The molecule has 1 aliphatic rings. The van der Waals surface area contributed by atoms with E-state index in [-0.39, 0.29) is 5.82 Å². The standard InChI is InChI=1S/C10H12BrFN2/c1-2-14(8-3-4-8)10-9(12)5-7(11)6-13-10/h5-6,8H,2-4H2,1H3. The lowest BCUT2D eigenvalue weighted by molar-refractivity contribution is 0.608. The molecule has 4 heteroatoms. The third-order valence-electron chi connectivity index (χ3n) is 2.39. The molecule has 0 saturated heterocycles. The van der Waals surface area contributed by atoms with E-state index < -0.39 is 0 Å². The summed E-state index contributed by atoms with van der Waals surface area (Å²) in [4.78, 5) is 6.14. The van der Waals surface area contributed by atoms with Gasteiger partial charge in [0.1, 0.15) is 0 Å². The van der Waals surface area contributed by atoms with Crippen LogP contribution >= 0.6 is 15.9 Å². The van der Waals surface area contributed by atoms with E-state index >= 15 is 0 Å². The molecule has 1 aliphatic carbocycles. The lowest BCUT2D eigenvalue weighted by Gasteiger charge is -2.21. The van der Waals surface area contributed by atoms with Gasteiger partial charge in [-0.1, -0.05) is 0 Å². The number of halogens is 2. The minimum absolute atomic E-state index is 0.242. The molecule has 2 nitrogen and oxygen atoms in total. The van der Waals surface area contributed by atoms with E-state index in [0.717, 1.165) is 19.4 Å². The summed E-state index contributed by atoms with van der Waals surface area (Å²) in [7, 11) is 0. The first-order valence-electron chi connectivity index (χ1n) is 4.80. The fourth-order valence-corrected chi connectivity index (χ4v) is 1.89. The van der Waals surface area contributed by atoms with Gasteiger partial charge in [-0.15, -0.1) is 0 Å². The van der Waals surface area contributed by atoms with Gasteiger partial charge in [0.15, 0.2) is 11.6 Å². The molecule has 0 aliphatic heterocycles. The molecular formula is C10H12BrFN2. The highest BCUT2D eigenvalue weighted by atomic mass is 79.9. The molecule has 1 aromatic rings. The summed E-state index contributed by atoms with van der Waals surface area (Å²) in [6.45, 7) is 2.84. The second-order valence-electron chi connectivity index (χ2n) is 3.48. The number of anilines is 1. The van der Waals surface area contributed by atoms with Crippen molar-refractivity contribution in [1.29, 1.82) is 0 Å². The molecule has 76 valence electrons. The molecule has 1 saturated carbocycles. The lowest BCUT2D eigenvalue weighted by atomic mass is 10.4. The molecule has 1 aromatic heterocycles. The summed E-state index contributed by atoms with van der Waals surface area (Å²) in [6, 6.07) is 1.97. The number of nitrogens with zero attached hydrogens (tertiary/aromatic N) is 2. The van der Waals surface area contributed by atoms with E-state index in [9.17, 15) is 4.39 Å². The van der Waals surface area contributed by atoms with Crippen molar-refractivity contribution in [2.45, 2.75) is 25.8 Å². The van der Waals surface area contributed by atoms with E-state index in [2.05, 4.69) is 20.9 Å². The van der Waals surface area contributed by atoms with Gasteiger partial charge >= 0.3 is 0 Å². The van der Waals surface area contributed by atoms with Crippen molar-refractivity contribution in [1.82, 2.24) is 4.98 Å². The highest BCUT2D eigenvalue weighted by Gasteiger charge is 2.30. The van der Waals surface area contributed by atoms with Gasteiger partial charge in [-0.25, -0.2) is 9.37 Å². The third kappa shape index (κ3) is 1.90. The van der Waals surface area contributed by atoms with Gasteiger partial charge in [0, 0.05) is 23.3 Å². The fraction of sp³-hybridized carbons (Fsp3) is 0.500. The van der Waals surface area contributed by atoms with E-state index in [0.29, 0.717) is 16.3 Å². The zero-order valence-corrected chi connectivity index (χ0v) is 9.59. The molecule has 14 heavy (non-hydrogen) atoms. The number of hydrogen-bond donors (Lipinski definition) is 0. The minimum atomic E-state index is -0.242. The van der Waals surface area contributed by atoms with Crippen molar-refractivity contribution in [3.05, 3.63) is 22.6 Å². The van der Waals surface area contributed by atoms with Gasteiger partial charge < -0.3 is 4.90 Å². The topological polar surface area (TPSA) is 16.1 Å². The fourth-order valence-electron chi connectivity index (χ4n) is 1.59. The van der Waals surface area contributed by atoms with Crippen LogP contribution in [-0.4, -0.2) is 17.6 Å². The highest BCUT2D eigenvalue weighted by molar-refractivity contribution is 9.10. The maximum atomic E-state index is 13.5. The molecule has 0 bridgehead atoms. The first-order valence-corrected chi connectivity index (χ1v) is 5.59. The summed E-state index contributed by atoms with van der Waals surface area (Å²) < 4.78 is 14.2. The largest absolute Gasteiger partial charge is 0.351 e. The van der Waals surface area contributed by atoms with Crippen molar-refractivity contribution in [3.8, 4) is 0 Å². The van der Waals surface area contributed by atoms with Crippen LogP contribution in [0.1, 0.15) is 19.8 Å². The van der Waals surface area contributed by atoms with E-state index in [1.807, 2.05) is 11.8 Å². The molecule has 0 unspecified atom stereocenters. The Bertz CT molecular complexity index is 339. The molecule has 0 N–H and O–H groups in total. The van der Waals surface area contributed by atoms with Crippen LogP contribution in [0.4, 0.5) is 10.2 Å². The Morgan fingerprint density at radius 1 is 1.64 bits per heavy atom. The van der Waals surface area contributed by atoms with Crippen LogP contribution in [0.2, 0.25) is 0 Å². The summed E-state index contributed by atoms with van der Waals surface area (Å²) in [5, 5.41) is 0. The van der Waals surface area contributed by atoms with Gasteiger partial charge in [-0.3, -0.25) is 0 Å². The Hall–Kier alpha value is -0.640. The Morgan fingerprint density at radius 3 is 2.86 bits per heavy atom. The van der Waals surface area contributed by atoms with Gasteiger partial charge in [-0.05, 0) is 41.8 Å². The molecule has 0 amide bonds. The van der Waals surface area contributed by atoms with E-state index in [4.69, 9.17) is 0 Å². The van der Waals surface area contributed by atoms with Crippen LogP contribution in [0.25, 0.3) is 0 Å². The normalized spacial score (nSPS) is 15.6. The lowest BCUT2D eigenvalue weighted by Crippen LogP contribution is -2.27. The molecule has 0 atom stereocenters. The second-order valence-corrected chi connectivity index (χ2v) is 4.39. The monoisotopic (exact) mass is 258 g/mol. The number of pyridine rings is 1. The van der Waals surface area contributed by atoms with Gasteiger partial charge in [0.2, 0.25) is 0 Å². The summed E-state index contributed by atoms with van der Waals surface area (Å²) in [5.41, 5.74) is 0. The zero-order chi connectivity index (χ0) is 10.1. The van der Waals surface area contributed by atoms with Crippen LogP contribution in [0, 0.1) is 5.82 Å². The molecular weight excluding hydrogens is 247 g/mol. The quantitative estimate of drug-likeness (QED) is 0.829. The minimum Gasteiger partial charge on any atom is -0.351 e. The second kappa shape index (κ2) is 3.85. The van der Waals surface area contributed by atoms with E-state index in [1.54, 1.807) is 6.20 Å². The SMILES string of the molecule is CCN(c1ncc(Br)cc1F)C1CC1. The summed E-state index contributed by atoms with van der Waals surface area (Å²) in [6.07, 6.45) is 3.96. The summed E-state index contributed by atoms with van der Waals surface area (Å²) >= 11 is 3.20. The van der Waals surface area contributed by atoms with Gasteiger partial charge in [0.05, 0.1) is 0 Å². The van der Waals surface area contributed by atoms with Crippen LogP contribution in [0.5, 0.6) is 0 Å². The van der Waals surface area contributed by atoms with Crippen molar-refractivity contribution in [2.24, 2.45) is 0 Å². The average Bonchev–Trinajstić information content (AvgIpc) is 2.93. The first-order chi connectivity index (χ1) is 6.72. The van der Waals surface area contributed by atoms with E-state index in [1.165, 1.54) is 6.07 Å². The van der Waals surface area contributed by atoms with Crippen molar-refractivity contribution in [2.75, 3.05) is 11.4 Å². The maximum absolute atomic E-state index is 13.5. The highest BCUT2D eigenvalue weighted by Crippen LogP contribution is 2.32. The Morgan fingerprint density at radius 2 is 2.36 bits per heavy atom. The molecule has 1 heterocycles. The Labute approximate surface area is 91.3 Å². The molecule has 0 aromatic carbocycles. The van der Waals surface area contributed by atoms with Crippen LogP contribution < -0.4 is 4.90 Å². The van der Waals surface area contributed by atoms with Crippen molar-refractivity contribution >= 4 is 21.7 Å². The van der Waals surface area contributed by atoms with Crippen molar-refractivity contribution in [3.63, 3.8) is 0 Å². The number of hydrogen-bond acceptors (Lipinski definition) is 2.